The number of hydrogen-bond acceptors (Lipinski definition) is 27. The van der Waals surface area contributed by atoms with Gasteiger partial charge in [0.1, 0.15) is 69.9 Å². The van der Waals surface area contributed by atoms with Crippen molar-refractivity contribution in [3.63, 3.8) is 0 Å². The summed E-state index contributed by atoms with van der Waals surface area (Å²) in [6.07, 6.45) is -6.59. The molecule has 6 amide bonds. The molecule has 122 heavy (non-hydrogen) atoms. The molecule has 6 heterocycles. The van der Waals surface area contributed by atoms with Gasteiger partial charge in [-0.05, 0) is 76.9 Å². The lowest BCUT2D eigenvalue weighted by molar-refractivity contribution is -0.249. The van der Waals surface area contributed by atoms with Gasteiger partial charge < -0.3 is 95.2 Å². The highest BCUT2D eigenvalue weighted by atomic mass is 19.3. The van der Waals surface area contributed by atoms with Crippen LogP contribution in [0.3, 0.4) is 0 Å². The molecule has 0 radical (unpaired) electrons. The molecule has 4 fully saturated rings. The number of hydrogen-bond donors (Lipinski definition) is 11. The molecular weight excluding hydrogens is 1590 g/mol. The van der Waals surface area contributed by atoms with E-state index < -0.39 is 245 Å². The second-order valence-corrected chi connectivity index (χ2v) is 32.0. The van der Waals surface area contributed by atoms with Crippen molar-refractivity contribution in [2.45, 2.75) is 196 Å². The van der Waals surface area contributed by atoms with Gasteiger partial charge in [0.15, 0.2) is 35.7 Å². The summed E-state index contributed by atoms with van der Waals surface area (Å²) in [4.78, 5) is 173. The zero-order valence-corrected chi connectivity index (χ0v) is 67.5. The number of aromatic hydroxyl groups is 4. The van der Waals surface area contributed by atoms with Crippen LogP contribution in [0.1, 0.15) is 212 Å². The van der Waals surface area contributed by atoms with Crippen LogP contribution in [0.5, 0.6) is 34.5 Å². The molecule has 33 nitrogen and oxygen atoms in total. The SMILES string of the molecule is CCC(=O)[C@]1(O)Cc2c(O)c3c(c(O)c2[C@@H](OC2CC(NC(=O)[C@@H]4CC(F)(F)CN4C(=O)CNC(=O)c4ccnc5ccccc45)C(O)C(C)O2)C1)C(=O)c1c(OC)cccc1C3=O.COc1cccc2c1C(=O)c1c(O)c3c(c(O)c1C2=O)C[C@@](O)(C(C)=O)C[C@@H]3O[C@H]1C[C@H](NC(=O)[C@@H]2CCCN2C(=O)[C@@H](C)NC(=O)c2ccncc2)[C@H](C)[C@H](C)O1. The summed E-state index contributed by atoms with van der Waals surface area (Å²) >= 11 is 0. The van der Waals surface area contributed by atoms with Crippen molar-refractivity contribution in [2.75, 3.05) is 33.9 Å². The summed E-state index contributed by atoms with van der Waals surface area (Å²) in [6, 6.07) is 14.7. The predicted molar refractivity (Wildman–Crippen MR) is 421 cm³/mol. The van der Waals surface area contributed by atoms with Gasteiger partial charge in [0.25, 0.3) is 17.7 Å². The van der Waals surface area contributed by atoms with Crippen LogP contribution < -0.4 is 30.7 Å². The number of phenolic OH excluding ortho intramolecular Hbond substituents is 4. The summed E-state index contributed by atoms with van der Waals surface area (Å²) in [7, 11) is 2.62. The second kappa shape index (κ2) is 33.7. The highest BCUT2D eigenvalue weighted by Crippen LogP contribution is 2.56. The number of fused-ring (bicyclic) bond motifs is 7. The number of carbonyl (C=O) groups excluding carboxylic acids is 12. The highest BCUT2D eigenvalue weighted by molar-refractivity contribution is 6.32. The van der Waals surface area contributed by atoms with Crippen LogP contribution in [0.25, 0.3) is 10.9 Å². The number of ether oxygens (including phenoxy) is 6. The normalized spacial score (nSPS) is 26.3. The number of amides is 6. The molecule has 35 heteroatoms. The van der Waals surface area contributed by atoms with Crippen LogP contribution in [0.4, 0.5) is 8.78 Å². The molecule has 4 aliphatic carbocycles. The molecule has 8 aliphatic rings. The Morgan fingerprint density at radius 3 is 1.73 bits per heavy atom. The van der Waals surface area contributed by atoms with E-state index in [2.05, 4.69) is 31.2 Å². The molecule has 0 bridgehead atoms. The third-order valence-corrected chi connectivity index (χ3v) is 24.5. The number of ketones is 6. The molecular formula is C87H90F2N8O25. The van der Waals surface area contributed by atoms with Gasteiger partial charge >= 0.3 is 0 Å². The van der Waals surface area contributed by atoms with Crippen molar-refractivity contribution < 1.29 is 130 Å². The van der Waals surface area contributed by atoms with E-state index in [0.29, 0.717) is 40.8 Å². The number of nitrogens with one attached hydrogen (secondary N) is 4. The number of halogens is 2. The number of aliphatic hydroxyl groups excluding tert-OH is 1. The maximum atomic E-state index is 14.9. The van der Waals surface area contributed by atoms with Gasteiger partial charge in [0.05, 0.1) is 102 Å². The summed E-state index contributed by atoms with van der Waals surface area (Å²) in [5, 5.41) is 92.9. The number of Topliss-reactive ketones (excluding diaryl/α,β-unsaturated/α-hetero) is 2. The standard InChI is InChI=1S/C45H44F2N4O13.C42H46N4O12/c1-4-30(52)44(61)15-24-34(41(58)36-35(39(24)56)38(55)23-9-7-11-28(62-3)33(23)40(36)57)29(17-44)64-32-14-26(37(54)20(2)63-32)50-43(60)27-16-45(46,47)19-51(27)31(53)18-49-42(59)22-12-13-48-25-10-6-5-8-21(22)25;1-19-21(3)57-30(16-26(19)45-40(53)27-9-7-15-46(27)41(54)20(2)44-39(52)23-11-13-43-14-12-23)58-29-18-42(55,22(4)47)17-25-32(29)38(51)34-33(36(25)49)35(48)24-8-6-10-28(56-5)31(24)37(34)50/h5-13,20,26-27,29,32,37,54,56,58,61H,4,14-19H2,1-3H3,(H,49,59)(H,50,60);6,8,10-14,19-21,26-27,29-30,49,51,55H,7,9,15-18H2,1-5H3,(H,44,52)(H,45,53)/t20?,26?,27-,29-,32?,37?,44-;19-,20-,21+,26+,27+,29+,30+,42+/m01/s1. The molecule has 642 valence electrons. The first-order chi connectivity index (χ1) is 57.9. The van der Waals surface area contributed by atoms with Crippen molar-refractivity contribution in [3.05, 3.63) is 175 Å². The number of benzene rings is 5. The Balaban J connectivity index is 0.000000200. The third kappa shape index (κ3) is 15.7. The minimum absolute atomic E-state index is 0.0282. The van der Waals surface area contributed by atoms with Gasteiger partial charge in [0, 0.05) is 133 Å². The summed E-state index contributed by atoms with van der Waals surface area (Å²) in [5.74, 6) is -14.9. The Hall–Kier alpha value is -12.1. The molecule has 15 atom stereocenters. The second-order valence-electron chi connectivity index (χ2n) is 32.0. The Bertz CT molecular complexity index is 5510. The molecule has 15 rings (SSSR count). The fourth-order valence-electron chi connectivity index (χ4n) is 17.9. The van der Waals surface area contributed by atoms with E-state index >= 15 is 0 Å². The van der Waals surface area contributed by atoms with Crippen molar-refractivity contribution in [2.24, 2.45) is 5.92 Å². The number of rotatable bonds is 19. The lowest BCUT2D eigenvalue weighted by Gasteiger charge is -2.43. The Morgan fingerprint density at radius 2 is 1.16 bits per heavy atom. The van der Waals surface area contributed by atoms with Crippen LogP contribution in [-0.2, 0) is 60.6 Å². The van der Waals surface area contributed by atoms with Gasteiger partial charge in [0.2, 0.25) is 35.2 Å². The zero-order chi connectivity index (χ0) is 87.8. The van der Waals surface area contributed by atoms with Crippen LogP contribution >= 0.6 is 0 Å². The molecule has 4 unspecified atom stereocenters. The van der Waals surface area contributed by atoms with E-state index in [1.807, 2.05) is 6.92 Å². The maximum Gasteiger partial charge on any atom is 0.267 e. The van der Waals surface area contributed by atoms with Crippen LogP contribution in [-0.4, -0.2) is 238 Å². The van der Waals surface area contributed by atoms with Gasteiger partial charge in [-0.15, -0.1) is 0 Å². The van der Waals surface area contributed by atoms with E-state index in [0.717, 1.165) is 0 Å². The van der Waals surface area contributed by atoms with E-state index in [1.165, 1.54) is 113 Å². The van der Waals surface area contributed by atoms with Crippen LogP contribution in [0, 0.1) is 5.92 Å². The largest absolute Gasteiger partial charge is 0.507 e. The molecule has 2 aromatic heterocycles. The van der Waals surface area contributed by atoms with Crippen molar-refractivity contribution in [1.29, 1.82) is 0 Å². The van der Waals surface area contributed by atoms with Crippen molar-refractivity contribution in [1.82, 2.24) is 41.0 Å². The molecule has 4 aliphatic heterocycles. The number of methoxy groups -OCH3 is 2. The molecule has 11 N–H and O–H groups in total. The average Bonchev–Trinajstić information content (AvgIpc) is 0.817. The van der Waals surface area contributed by atoms with Crippen LogP contribution in [0.15, 0.2) is 97.5 Å². The molecule has 0 spiro atoms. The van der Waals surface area contributed by atoms with Gasteiger partial charge in [-0.2, -0.15) is 0 Å². The topological polar surface area (TPSA) is 482 Å². The minimum Gasteiger partial charge on any atom is -0.507 e. The fraction of sp³-hybridized carbons (Fsp3) is 0.425. The maximum absolute atomic E-state index is 14.9. The number of aromatic nitrogens is 2. The smallest absolute Gasteiger partial charge is 0.267 e. The zero-order valence-electron chi connectivity index (χ0n) is 67.5. The number of nitrogens with zero attached hydrogens (tertiary/aromatic N) is 4. The van der Waals surface area contributed by atoms with E-state index in [4.69, 9.17) is 28.4 Å². The lowest BCUT2D eigenvalue weighted by atomic mass is 9.71. The minimum atomic E-state index is -3.48. The van der Waals surface area contributed by atoms with E-state index in [-0.39, 0.29) is 93.2 Å². The Kier molecular flexibility index (Phi) is 23.8. The molecule has 5 aromatic carbocycles. The molecule has 7 aromatic rings. The monoisotopic (exact) mass is 1680 g/mol. The van der Waals surface area contributed by atoms with Gasteiger partial charge in [-0.25, -0.2) is 8.78 Å². The highest BCUT2D eigenvalue weighted by Gasteiger charge is 2.55. The summed E-state index contributed by atoms with van der Waals surface area (Å²) in [5.41, 5.74) is -6.35. The number of alkyl halides is 2. The van der Waals surface area contributed by atoms with E-state index in [1.54, 1.807) is 38.1 Å². The first-order valence-corrected chi connectivity index (χ1v) is 39.9. The lowest BCUT2D eigenvalue weighted by Crippen LogP contribution is -2.58. The third-order valence-electron chi connectivity index (χ3n) is 24.5. The quantitative estimate of drug-likeness (QED) is 0.0448. The first-order valence-electron chi connectivity index (χ1n) is 39.9. The Morgan fingerprint density at radius 1 is 0.623 bits per heavy atom. The Labute approximate surface area is 695 Å². The van der Waals surface area contributed by atoms with Gasteiger partial charge in [-0.3, -0.25) is 67.5 Å². The fourth-order valence-corrected chi connectivity index (χ4v) is 17.9. The summed E-state index contributed by atoms with van der Waals surface area (Å²) < 4.78 is 65.4. The molecule has 0 saturated carbocycles. The number of aliphatic hydroxyl groups is 3. The van der Waals surface area contributed by atoms with Crippen molar-refractivity contribution in [3.8, 4) is 34.5 Å². The first kappa shape index (κ1) is 86.3. The van der Waals surface area contributed by atoms with Crippen LogP contribution in [0.2, 0.25) is 0 Å². The predicted octanol–water partition coefficient (Wildman–Crippen LogP) is 5.46. The number of carbonyl (C=O) groups is 12. The average molecular weight is 1690 g/mol. The van der Waals surface area contributed by atoms with E-state index in [9.17, 15) is 102 Å². The number of para-hydroxylation sites is 1. The summed E-state index contributed by atoms with van der Waals surface area (Å²) in [6.45, 7) is 7.81. The van der Waals surface area contributed by atoms with Gasteiger partial charge in [-0.1, -0.05) is 56.3 Å². The number of phenols is 4. The number of pyridine rings is 2. The number of likely N-dealkylation sites (tertiary alicyclic amines) is 2. The van der Waals surface area contributed by atoms with Crippen molar-refractivity contribution >= 4 is 81.0 Å². The molecule has 4 saturated heterocycles.